The Morgan fingerprint density at radius 2 is 2.08 bits per heavy atom. The number of nitrogens with zero attached hydrogens (tertiary/aromatic N) is 1. The van der Waals surface area contributed by atoms with Crippen LogP contribution >= 0.6 is 0 Å². The van der Waals surface area contributed by atoms with E-state index in [0.717, 1.165) is 58.4 Å². The van der Waals surface area contributed by atoms with E-state index in [2.05, 4.69) is 39.8 Å². The van der Waals surface area contributed by atoms with Crippen LogP contribution in [-0.2, 0) is 16.1 Å². The molecule has 1 aromatic carbocycles. The molecule has 0 radical (unpaired) electrons. The van der Waals surface area contributed by atoms with Crippen LogP contribution in [0, 0.1) is 5.41 Å². The Labute approximate surface area is 151 Å². The van der Waals surface area contributed by atoms with Gasteiger partial charge >= 0.3 is 0 Å². The molecule has 2 aliphatic rings. The number of rotatable bonds is 7. The van der Waals surface area contributed by atoms with Crippen LogP contribution < -0.4 is 10.6 Å². The second kappa shape index (κ2) is 8.79. The van der Waals surface area contributed by atoms with Crippen LogP contribution in [-0.4, -0.2) is 56.7 Å². The smallest absolute Gasteiger partial charge is 0.237 e. The van der Waals surface area contributed by atoms with Crippen molar-refractivity contribution in [2.45, 2.75) is 38.3 Å². The molecule has 138 valence electrons. The summed E-state index contributed by atoms with van der Waals surface area (Å²) in [4.78, 5) is 15.1. The van der Waals surface area contributed by atoms with Crippen LogP contribution in [0.25, 0.3) is 0 Å². The molecule has 2 heterocycles. The summed E-state index contributed by atoms with van der Waals surface area (Å²) in [5.41, 5.74) is 1.36. The van der Waals surface area contributed by atoms with Crippen molar-refractivity contribution in [3.05, 3.63) is 35.9 Å². The Morgan fingerprint density at radius 3 is 2.80 bits per heavy atom. The molecule has 0 aromatic heterocycles. The van der Waals surface area contributed by atoms with Gasteiger partial charge in [-0.05, 0) is 50.9 Å². The third-order valence-corrected chi connectivity index (χ3v) is 5.65. The fraction of sp³-hybridized carbons (Fsp3) is 0.650. The van der Waals surface area contributed by atoms with Crippen molar-refractivity contribution in [1.82, 2.24) is 15.5 Å². The van der Waals surface area contributed by atoms with Crippen LogP contribution in [0.2, 0.25) is 0 Å². The average Bonchev–Trinajstić information content (AvgIpc) is 3.10. The van der Waals surface area contributed by atoms with Crippen molar-refractivity contribution in [2.24, 2.45) is 5.41 Å². The van der Waals surface area contributed by atoms with Gasteiger partial charge in [0.25, 0.3) is 0 Å². The first-order valence-corrected chi connectivity index (χ1v) is 9.48. The largest absolute Gasteiger partial charge is 0.384 e. The number of hydrogen-bond acceptors (Lipinski definition) is 4. The molecule has 1 atom stereocenters. The molecule has 1 amide bonds. The first-order valence-electron chi connectivity index (χ1n) is 9.48. The highest BCUT2D eigenvalue weighted by Gasteiger charge is 2.35. The van der Waals surface area contributed by atoms with E-state index in [4.69, 9.17) is 4.74 Å². The van der Waals surface area contributed by atoms with Gasteiger partial charge in [0.15, 0.2) is 0 Å². The zero-order valence-electron chi connectivity index (χ0n) is 15.3. The Hall–Kier alpha value is -1.43. The number of amides is 1. The predicted octanol–water partition coefficient (Wildman–Crippen LogP) is 1.78. The van der Waals surface area contributed by atoms with Gasteiger partial charge in [0.05, 0.1) is 12.6 Å². The minimum absolute atomic E-state index is 0.00140. The van der Waals surface area contributed by atoms with E-state index in [1.54, 1.807) is 7.11 Å². The van der Waals surface area contributed by atoms with E-state index in [1.807, 2.05) is 6.07 Å². The number of nitrogens with one attached hydrogen (secondary N) is 2. The maximum atomic E-state index is 12.8. The standard InChI is InChI=1S/C20H31N3O2/c1-25-16-20(9-11-21-12-10-20)15-22-19(24)18-8-5-13-23(18)14-17-6-3-2-4-7-17/h2-4,6-7,18,21H,5,8-16H2,1H3,(H,22,24). The molecular weight excluding hydrogens is 314 g/mol. The topological polar surface area (TPSA) is 53.6 Å². The lowest BCUT2D eigenvalue weighted by Crippen LogP contribution is -2.50. The zero-order chi connectivity index (χ0) is 17.5. The molecule has 0 saturated carbocycles. The van der Waals surface area contributed by atoms with Gasteiger partial charge in [-0.3, -0.25) is 9.69 Å². The molecule has 2 aliphatic heterocycles. The van der Waals surface area contributed by atoms with Crippen molar-refractivity contribution in [2.75, 3.05) is 39.9 Å². The molecule has 2 fully saturated rings. The van der Waals surface area contributed by atoms with Gasteiger partial charge in [-0.25, -0.2) is 0 Å². The van der Waals surface area contributed by atoms with Crippen LogP contribution in [0.5, 0.6) is 0 Å². The van der Waals surface area contributed by atoms with Gasteiger partial charge in [-0.1, -0.05) is 30.3 Å². The molecule has 5 nitrogen and oxygen atoms in total. The maximum absolute atomic E-state index is 12.8. The fourth-order valence-corrected chi connectivity index (χ4v) is 4.16. The van der Waals surface area contributed by atoms with E-state index >= 15 is 0 Å². The monoisotopic (exact) mass is 345 g/mol. The Balaban J connectivity index is 1.56. The number of benzene rings is 1. The van der Waals surface area contributed by atoms with Crippen molar-refractivity contribution < 1.29 is 9.53 Å². The molecule has 1 unspecified atom stereocenters. The van der Waals surface area contributed by atoms with Crippen LogP contribution in [0.1, 0.15) is 31.2 Å². The van der Waals surface area contributed by atoms with Crippen molar-refractivity contribution in [3.63, 3.8) is 0 Å². The Bertz CT molecular complexity index is 538. The molecule has 2 saturated heterocycles. The highest BCUT2D eigenvalue weighted by atomic mass is 16.5. The molecule has 0 bridgehead atoms. The molecule has 3 rings (SSSR count). The molecular formula is C20H31N3O2. The third-order valence-electron chi connectivity index (χ3n) is 5.65. The number of hydrogen-bond donors (Lipinski definition) is 2. The Morgan fingerprint density at radius 1 is 1.32 bits per heavy atom. The van der Waals surface area contributed by atoms with E-state index in [9.17, 15) is 4.79 Å². The maximum Gasteiger partial charge on any atom is 0.237 e. The summed E-state index contributed by atoms with van der Waals surface area (Å²) in [5, 5.41) is 6.65. The summed E-state index contributed by atoms with van der Waals surface area (Å²) in [6, 6.07) is 10.4. The number of piperidine rings is 1. The highest BCUT2D eigenvalue weighted by molar-refractivity contribution is 5.82. The number of ether oxygens (including phenoxy) is 1. The van der Waals surface area contributed by atoms with Crippen molar-refractivity contribution in [1.29, 1.82) is 0 Å². The highest BCUT2D eigenvalue weighted by Crippen LogP contribution is 2.28. The lowest BCUT2D eigenvalue weighted by molar-refractivity contribution is -0.126. The van der Waals surface area contributed by atoms with Gasteiger partial charge in [0.1, 0.15) is 0 Å². The second-order valence-corrected chi connectivity index (χ2v) is 7.51. The molecule has 0 spiro atoms. The van der Waals surface area contributed by atoms with Gasteiger partial charge in [0.2, 0.25) is 5.91 Å². The van der Waals surface area contributed by atoms with Crippen LogP contribution in [0.3, 0.4) is 0 Å². The number of carbonyl (C=O) groups excluding carboxylic acids is 1. The summed E-state index contributed by atoms with van der Waals surface area (Å²) in [7, 11) is 1.75. The minimum atomic E-state index is 0.00140. The molecule has 1 aromatic rings. The summed E-state index contributed by atoms with van der Waals surface area (Å²) in [5.74, 6) is 0.183. The lowest BCUT2D eigenvalue weighted by atomic mass is 9.79. The molecule has 0 aliphatic carbocycles. The number of carbonyl (C=O) groups is 1. The van der Waals surface area contributed by atoms with Crippen molar-refractivity contribution in [3.8, 4) is 0 Å². The summed E-state index contributed by atoms with van der Waals surface area (Å²) in [6.45, 7) is 5.29. The predicted molar refractivity (Wildman–Crippen MR) is 99.3 cm³/mol. The van der Waals surface area contributed by atoms with Gasteiger partial charge < -0.3 is 15.4 Å². The molecule has 25 heavy (non-hydrogen) atoms. The fourth-order valence-electron chi connectivity index (χ4n) is 4.16. The summed E-state index contributed by atoms with van der Waals surface area (Å²) >= 11 is 0. The normalized spacial score (nSPS) is 23.5. The summed E-state index contributed by atoms with van der Waals surface area (Å²) < 4.78 is 5.45. The molecule has 5 heteroatoms. The van der Waals surface area contributed by atoms with Gasteiger partial charge in [0, 0.05) is 25.6 Å². The third kappa shape index (κ3) is 4.81. The average molecular weight is 345 g/mol. The number of likely N-dealkylation sites (tertiary alicyclic amines) is 1. The number of methoxy groups -OCH3 is 1. The van der Waals surface area contributed by atoms with Gasteiger partial charge in [-0.2, -0.15) is 0 Å². The van der Waals surface area contributed by atoms with Crippen LogP contribution in [0.4, 0.5) is 0 Å². The van der Waals surface area contributed by atoms with Crippen molar-refractivity contribution >= 4 is 5.91 Å². The lowest BCUT2D eigenvalue weighted by Gasteiger charge is -2.37. The minimum Gasteiger partial charge on any atom is -0.384 e. The van der Waals surface area contributed by atoms with E-state index in [0.29, 0.717) is 6.61 Å². The van der Waals surface area contributed by atoms with Crippen LogP contribution in [0.15, 0.2) is 30.3 Å². The van der Waals surface area contributed by atoms with E-state index in [-0.39, 0.29) is 17.4 Å². The van der Waals surface area contributed by atoms with Gasteiger partial charge in [-0.15, -0.1) is 0 Å². The first kappa shape index (κ1) is 18.4. The summed E-state index contributed by atoms with van der Waals surface area (Å²) in [6.07, 6.45) is 4.16. The van der Waals surface area contributed by atoms with E-state index in [1.165, 1.54) is 5.56 Å². The van der Waals surface area contributed by atoms with E-state index < -0.39 is 0 Å². The SMILES string of the molecule is COCC1(CNC(=O)C2CCCN2Cc2ccccc2)CCNCC1. The zero-order valence-corrected chi connectivity index (χ0v) is 15.3. The Kier molecular flexibility index (Phi) is 6.45. The molecule has 2 N–H and O–H groups in total. The first-order chi connectivity index (χ1) is 12.2. The second-order valence-electron chi connectivity index (χ2n) is 7.51. The quantitative estimate of drug-likeness (QED) is 0.791.